The Hall–Kier alpha value is -1.59. The van der Waals surface area contributed by atoms with Crippen molar-refractivity contribution in [3.05, 3.63) is 0 Å². The monoisotopic (exact) mass is 404 g/mol. The summed E-state index contributed by atoms with van der Waals surface area (Å²) < 4.78 is 5.11. The first-order valence-electron chi connectivity index (χ1n) is 11.7. The number of rotatable bonds is 7. The van der Waals surface area contributed by atoms with Gasteiger partial charge in [-0.1, -0.05) is 19.8 Å². The van der Waals surface area contributed by atoms with Crippen LogP contribution in [0.15, 0.2) is 0 Å². The van der Waals surface area contributed by atoms with Crippen LogP contribution in [0.3, 0.4) is 0 Å². The van der Waals surface area contributed by atoms with E-state index >= 15 is 0 Å². The number of carbonyl (C=O) groups is 3. The highest BCUT2D eigenvalue weighted by atomic mass is 16.5. The van der Waals surface area contributed by atoms with Gasteiger partial charge >= 0.3 is 5.97 Å². The lowest BCUT2D eigenvalue weighted by molar-refractivity contribution is -0.149. The molecule has 2 N–H and O–H groups in total. The summed E-state index contributed by atoms with van der Waals surface area (Å²) in [6.07, 6.45) is 11.6. The van der Waals surface area contributed by atoms with Crippen molar-refractivity contribution in [3.63, 3.8) is 0 Å². The van der Waals surface area contributed by atoms with Crippen LogP contribution in [0, 0.1) is 29.1 Å². The van der Waals surface area contributed by atoms with Gasteiger partial charge in [0.1, 0.15) is 0 Å². The zero-order chi connectivity index (χ0) is 20.4. The summed E-state index contributed by atoms with van der Waals surface area (Å²) in [5, 5.41) is 5.98. The molecule has 0 heterocycles. The molecule has 5 aliphatic rings. The van der Waals surface area contributed by atoms with Crippen molar-refractivity contribution in [1.82, 2.24) is 10.6 Å². The van der Waals surface area contributed by atoms with Gasteiger partial charge in [-0.25, -0.2) is 0 Å². The normalized spacial score (nSPS) is 37.8. The van der Waals surface area contributed by atoms with E-state index in [4.69, 9.17) is 4.74 Å². The Labute approximate surface area is 173 Å². The summed E-state index contributed by atoms with van der Waals surface area (Å²) in [4.78, 5) is 36.9. The predicted molar refractivity (Wildman–Crippen MR) is 109 cm³/mol. The van der Waals surface area contributed by atoms with Gasteiger partial charge in [-0.05, 0) is 75.0 Å². The second-order valence-corrected chi connectivity index (χ2v) is 10.3. The number of hydrogen-bond acceptors (Lipinski definition) is 4. The van der Waals surface area contributed by atoms with Crippen LogP contribution in [0.5, 0.6) is 0 Å². The van der Waals surface area contributed by atoms with Gasteiger partial charge in [0.15, 0.2) is 6.61 Å². The van der Waals surface area contributed by atoms with E-state index in [2.05, 4.69) is 17.6 Å². The summed E-state index contributed by atoms with van der Waals surface area (Å²) in [6, 6.07) is 0.189. The average Bonchev–Trinajstić information content (AvgIpc) is 2.67. The molecule has 6 heteroatoms. The fraction of sp³-hybridized carbons (Fsp3) is 0.870. The van der Waals surface area contributed by atoms with Crippen molar-refractivity contribution in [1.29, 1.82) is 0 Å². The van der Waals surface area contributed by atoms with Gasteiger partial charge in [-0.3, -0.25) is 14.4 Å². The van der Waals surface area contributed by atoms with Crippen molar-refractivity contribution in [2.45, 2.75) is 83.6 Å². The lowest BCUT2D eigenvalue weighted by Gasteiger charge is -2.55. The van der Waals surface area contributed by atoms with Gasteiger partial charge in [-0.2, -0.15) is 0 Å². The number of ether oxygens (including phenoxy) is 1. The van der Waals surface area contributed by atoms with Crippen LogP contribution in [0.1, 0.15) is 77.6 Å². The van der Waals surface area contributed by atoms with Crippen LogP contribution >= 0.6 is 0 Å². The van der Waals surface area contributed by atoms with Gasteiger partial charge in [0.25, 0.3) is 5.91 Å². The summed E-state index contributed by atoms with van der Waals surface area (Å²) in [5.74, 6) is 2.13. The van der Waals surface area contributed by atoms with Crippen molar-refractivity contribution in [2.24, 2.45) is 29.1 Å². The molecular formula is C23H36N2O4. The molecule has 0 aliphatic heterocycles. The average molecular weight is 405 g/mol. The molecule has 5 saturated carbocycles. The third-order valence-electron chi connectivity index (χ3n) is 7.96. The third-order valence-corrected chi connectivity index (χ3v) is 7.96. The molecule has 2 amide bonds. The van der Waals surface area contributed by atoms with Gasteiger partial charge in [0.2, 0.25) is 5.91 Å². The number of nitrogens with one attached hydrogen (secondary N) is 2. The maximum atomic E-state index is 12.9. The molecule has 0 radical (unpaired) electrons. The fourth-order valence-corrected chi connectivity index (χ4v) is 6.85. The summed E-state index contributed by atoms with van der Waals surface area (Å²) in [5.41, 5.74) is -0.185. The Balaban J connectivity index is 1.14. The highest BCUT2D eigenvalue weighted by Crippen LogP contribution is 2.60. The number of carbonyl (C=O) groups excluding carboxylic acids is 3. The van der Waals surface area contributed by atoms with E-state index in [0.29, 0.717) is 12.5 Å². The zero-order valence-corrected chi connectivity index (χ0v) is 17.7. The van der Waals surface area contributed by atoms with E-state index in [0.717, 1.165) is 56.3 Å². The molecular weight excluding hydrogens is 368 g/mol. The molecule has 5 rings (SSSR count). The Morgan fingerprint density at radius 2 is 1.59 bits per heavy atom. The molecule has 0 saturated heterocycles. The summed E-state index contributed by atoms with van der Waals surface area (Å²) in [7, 11) is 0. The smallest absolute Gasteiger partial charge is 0.308 e. The fourth-order valence-electron chi connectivity index (χ4n) is 6.85. The van der Waals surface area contributed by atoms with Crippen LogP contribution in [0.25, 0.3) is 0 Å². The van der Waals surface area contributed by atoms with Crippen LogP contribution in [-0.2, 0) is 19.1 Å². The quantitative estimate of drug-likeness (QED) is 0.639. The molecule has 4 bridgehead atoms. The van der Waals surface area contributed by atoms with E-state index in [1.807, 2.05) is 0 Å². The lowest BCUT2D eigenvalue weighted by atomic mass is 9.49. The minimum atomic E-state index is -0.428. The second-order valence-electron chi connectivity index (χ2n) is 10.3. The van der Waals surface area contributed by atoms with Crippen LogP contribution in [-0.4, -0.2) is 37.0 Å². The highest BCUT2D eigenvalue weighted by Gasteiger charge is 2.54. The van der Waals surface area contributed by atoms with Crippen molar-refractivity contribution in [2.75, 3.05) is 13.2 Å². The molecule has 0 unspecified atom stereocenters. The van der Waals surface area contributed by atoms with Crippen LogP contribution in [0.4, 0.5) is 0 Å². The standard InChI is InChI=1S/C23H36N2O4/c1-15-4-2-3-5-19(15)25-20(26)14-29-21(27)6-7-24-22(28)23-11-16-8-17(12-23)10-18(9-16)13-23/h15-19H,2-14H2,1H3,(H,24,28)(H,25,26)/t15-,16?,17?,18?,19-,23?/m1/s1. The Kier molecular flexibility index (Phi) is 6.16. The highest BCUT2D eigenvalue weighted by molar-refractivity contribution is 5.84. The topological polar surface area (TPSA) is 84.5 Å². The maximum absolute atomic E-state index is 12.9. The molecule has 2 atom stereocenters. The second kappa shape index (κ2) is 8.65. The van der Waals surface area contributed by atoms with Crippen molar-refractivity contribution >= 4 is 17.8 Å². The van der Waals surface area contributed by atoms with Gasteiger partial charge in [0, 0.05) is 18.0 Å². The van der Waals surface area contributed by atoms with E-state index in [-0.39, 0.29) is 36.3 Å². The molecule has 0 spiro atoms. The van der Waals surface area contributed by atoms with Gasteiger partial charge in [0.05, 0.1) is 6.42 Å². The molecule has 29 heavy (non-hydrogen) atoms. The minimum absolute atomic E-state index is 0.116. The number of amides is 2. The molecule has 6 nitrogen and oxygen atoms in total. The van der Waals surface area contributed by atoms with E-state index in [1.54, 1.807) is 0 Å². The van der Waals surface area contributed by atoms with Gasteiger partial charge in [-0.15, -0.1) is 0 Å². The maximum Gasteiger partial charge on any atom is 0.308 e. The third kappa shape index (κ3) is 4.77. The lowest BCUT2D eigenvalue weighted by Crippen LogP contribution is -2.53. The van der Waals surface area contributed by atoms with Crippen molar-refractivity contribution < 1.29 is 19.1 Å². The van der Waals surface area contributed by atoms with Crippen LogP contribution < -0.4 is 10.6 Å². The molecule has 5 fully saturated rings. The molecule has 5 aliphatic carbocycles. The predicted octanol–water partition coefficient (Wildman–Crippen LogP) is 2.95. The molecule has 0 aromatic heterocycles. The first-order valence-corrected chi connectivity index (χ1v) is 11.7. The number of esters is 1. The summed E-state index contributed by atoms with van der Waals surface area (Å²) >= 11 is 0. The number of hydrogen-bond donors (Lipinski definition) is 2. The minimum Gasteiger partial charge on any atom is -0.456 e. The molecule has 0 aromatic rings. The zero-order valence-electron chi connectivity index (χ0n) is 17.7. The Bertz CT molecular complexity index is 612. The Morgan fingerprint density at radius 1 is 0.966 bits per heavy atom. The van der Waals surface area contributed by atoms with Gasteiger partial charge < -0.3 is 15.4 Å². The molecule has 0 aromatic carbocycles. The first kappa shape index (κ1) is 20.7. The molecule has 162 valence electrons. The first-order chi connectivity index (χ1) is 13.9. The SMILES string of the molecule is C[C@@H]1CCCC[C@H]1NC(=O)COC(=O)CCNC(=O)C12CC3CC(CC(C3)C1)C2. The summed E-state index contributed by atoms with van der Waals surface area (Å²) in [6.45, 7) is 2.22. The van der Waals surface area contributed by atoms with E-state index < -0.39 is 5.97 Å². The van der Waals surface area contributed by atoms with Crippen LogP contribution in [0.2, 0.25) is 0 Å². The Morgan fingerprint density at radius 3 is 2.21 bits per heavy atom. The largest absolute Gasteiger partial charge is 0.456 e. The van der Waals surface area contributed by atoms with E-state index in [9.17, 15) is 14.4 Å². The van der Waals surface area contributed by atoms with Crippen molar-refractivity contribution in [3.8, 4) is 0 Å². The van der Waals surface area contributed by atoms with E-state index in [1.165, 1.54) is 25.7 Å².